The van der Waals surface area contributed by atoms with Crippen molar-refractivity contribution in [2.45, 2.75) is 19.8 Å². The molecule has 0 spiro atoms. The summed E-state index contributed by atoms with van der Waals surface area (Å²) >= 11 is 0. The second-order valence-corrected chi connectivity index (χ2v) is 4.55. The van der Waals surface area contributed by atoms with Crippen LogP contribution in [0, 0.1) is 0 Å². The van der Waals surface area contributed by atoms with Crippen molar-refractivity contribution in [3.05, 3.63) is 17.7 Å². The molecular formula is C13H22N4O3. The molecule has 1 aromatic heterocycles. The Morgan fingerprint density at radius 2 is 2.15 bits per heavy atom. The molecule has 0 bridgehead atoms. The Bertz CT molecular complexity index is 438. The molecular weight excluding hydrogens is 260 g/mol. The Kier molecular flexibility index (Phi) is 6.89. The quantitative estimate of drug-likeness (QED) is 0.676. The van der Waals surface area contributed by atoms with Gasteiger partial charge in [0.05, 0.1) is 31.7 Å². The van der Waals surface area contributed by atoms with Gasteiger partial charge in [-0.25, -0.2) is 9.97 Å². The molecule has 0 radical (unpaired) electrons. The van der Waals surface area contributed by atoms with Crippen molar-refractivity contribution in [1.82, 2.24) is 15.3 Å². The van der Waals surface area contributed by atoms with Crippen LogP contribution in [-0.2, 0) is 9.47 Å². The van der Waals surface area contributed by atoms with Gasteiger partial charge in [0.2, 0.25) is 0 Å². The predicted molar refractivity (Wildman–Crippen MR) is 75.6 cm³/mol. The summed E-state index contributed by atoms with van der Waals surface area (Å²) in [5.74, 6) is 0.419. The number of anilines is 1. The van der Waals surface area contributed by atoms with Gasteiger partial charge >= 0.3 is 0 Å². The van der Waals surface area contributed by atoms with E-state index in [1.807, 2.05) is 13.8 Å². The molecule has 3 N–H and O–H groups in total. The maximum atomic E-state index is 12.0. The third-order valence-electron chi connectivity index (χ3n) is 2.53. The number of rotatable bonds is 8. The lowest BCUT2D eigenvalue weighted by atomic mass is 10.2. The third kappa shape index (κ3) is 5.10. The summed E-state index contributed by atoms with van der Waals surface area (Å²) in [6.45, 7) is 5.75. The van der Waals surface area contributed by atoms with Gasteiger partial charge in [0.25, 0.3) is 5.91 Å². The molecule has 0 fully saturated rings. The molecule has 0 aliphatic carbocycles. The molecule has 1 amide bonds. The molecule has 112 valence electrons. The summed E-state index contributed by atoms with van der Waals surface area (Å²) in [4.78, 5) is 20.3. The van der Waals surface area contributed by atoms with Crippen molar-refractivity contribution in [2.24, 2.45) is 0 Å². The monoisotopic (exact) mass is 282 g/mol. The number of carbonyl (C=O) groups excluding carboxylic acids is 1. The number of nitrogen functional groups attached to an aromatic ring is 1. The number of carbonyl (C=O) groups is 1. The van der Waals surface area contributed by atoms with E-state index in [0.717, 1.165) is 0 Å². The van der Waals surface area contributed by atoms with Crippen molar-refractivity contribution < 1.29 is 14.3 Å². The molecule has 7 nitrogen and oxygen atoms in total. The van der Waals surface area contributed by atoms with Crippen LogP contribution in [0.1, 0.15) is 36.1 Å². The Morgan fingerprint density at radius 1 is 1.40 bits per heavy atom. The van der Waals surface area contributed by atoms with Gasteiger partial charge in [-0.15, -0.1) is 0 Å². The van der Waals surface area contributed by atoms with Crippen LogP contribution in [0.25, 0.3) is 0 Å². The van der Waals surface area contributed by atoms with E-state index in [1.54, 1.807) is 7.11 Å². The molecule has 0 saturated heterocycles. The molecule has 1 rings (SSSR count). The Labute approximate surface area is 118 Å². The van der Waals surface area contributed by atoms with E-state index >= 15 is 0 Å². The molecule has 20 heavy (non-hydrogen) atoms. The zero-order chi connectivity index (χ0) is 15.0. The number of amides is 1. The Balaban J connectivity index is 2.48. The van der Waals surface area contributed by atoms with Crippen LogP contribution in [0.3, 0.4) is 0 Å². The van der Waals surface area contributed by atoms with Crippen molar-refractivity contribution in [3.8, 4) is 0 Å². The zero-order valence-corrected chi connectivity index (χ0v) is 12.2. The van der Waals surface area contributed by atoms with Crippen LogP contribution in [0.5, 0.6) is 0 Å². The van der Waals surface area contributed by atoms with Crippen molar-refractivity contribution in [2.75, 3.05) is 39.2 Å². The normalized spacial score (nSPS) is 10.8. The third-order valence-corrected chi connectivity index (χ3v) is 2.53. The van der Waals surface area contributed by atoms with Gasteiger partial charge < -0.3 is 20.5 Å². The number of aromatic nitrogens is 2. The fourth-order valence-corrected chi connectivity index (χ4v) is 1.43. The standard InChI is InChI=1S/C13H22N4O3/c1-9(2)12-16-8-10(14)11(17-12)13(18)15-4-5-20-7-6-19-3/h8-9H,4-7,14H2,1-3H3,(H,15,18). The molecule has 1 aromatic rings. The zero-order valence-electron chi connectivity index (χ0n) is 12.2. The molecule has 1 heterocycles. The fourth-order valence-electron chi connectivity index (χ4n) is 1.43. The van der Waals surface area contributed by atoms with E-state index in [9.17, 15) is 4.79 Å². The number of nitrogens with zero attached hydrogens (tertiary/aromatic N) is 2. The second-order valence-electron chi connectivity index (χ2n) is 4.55. The van der Waals surface area contributed by atoms with Gasteiger partial charge in [0, 0.05) is 19.6 Å². The van der Waals surface area contributed by atoms with Gasteiger partial charge in [-0.05, 0) is 0 Å². The highest BCUT2D eigenvalue weighted by Crippen LogP contribution is 2.13. The Morgan fingerprint density at radius 3 is 2.80 bits per heavy atom. The number of methoxy groups -OCH3 is 1. The van der Waals surface area contributed by atoms with E-state index in [1.165, 1.54) is 6.20 Å². The van der Waals surface area contributed by atoms with Crippen LogP contribution >= 0.6 is 0 Å². The first-order valence-electron chi connectivity index (χ1n) is 6.53. The molecule has 0 aliphatic rings. The molecule has 0 atom stereocenters. The van der Waals surface area contributed by atoms with Crippen molar-refractivity contribution >= 4 is 11.6 Å². The van der Waals surface area contributed by atoms with E-state index in [4.69, 9.17) is 15.2 Å². The SMILES string of the molecule is COCCOCCNC(=O)c1nc(C(C)C)ncc1N. The average molecular weight is 282 g/mol. The molecule has 0 saturated carbocycles. The van der Waals surface area contributed by atoms with Gasteiger partial charge in [-0.2, -0.15) is 0 Å². The van der Waals surface area contributed by atoms with Crippen LogP contribution in [0.4, 0.5) is 5.69 Å². The van der Waals surface area contributed by atoms with Crippen LogP contribution in [-0.4, -0.2) is 49.4 Å². The first kappa shape index (κ1) is 16.3. The van der Waals surface area contributed by atoms with Crippen molar-refractivity contribution in [3.63, 3.8) is 0 Å². The topological polar surface area (TPSA) is 99.4 Å². The lowest BCUT2D eigenvalue weighted by Gasteiger charge is -2.09. The molecule has 7 heteroatoms. The lowest BCUT2D eigenvalue weighted by molar-refractivity contribution is 0.0692. The van der Waals surface area contributed by atoms with Crippen LogP contribution in [0.15, 0.2) is 6.20 Å². The number of hydrogen-bond donors (Lipinski definition) is 2. The summed E-state index contributed by atoms with van der Waals surface area (Å²) < 4.78 is 10.1. The summed E-state index contributed by atoms with van der Waals surface area (Å²) in [5, 5.41) is 2.71. The number of nitrogens with one attached hydrogen (secondary N) is 1. The minimum atomic E-state index is -0.317. The maximum absolute atomic E-state index is 12.0. The van der Waals surface area contributed by atoms with E-state index in [0.29, 0.717) is 32.2 Å². The molecule has 0 aromatic carbocycles. The average Bonchev–Trinajstić information content (AvgIpc) is 2.42. The van der Waals surface area contributed by atoms with Crippen LogP contribution in [0.2, 0.25) is 0 Å². The summed E-state index contributed by atoms with van der Waals surface area (Å²) in [7, 11) is 1.61. The molecule has 0 unspecified atom stereocenters. The van der Waals surface area contributed by atoms with E-state index in [-0.39, 0.29) is 23.2 Å². The number of ether oxygens (including phenoxy) is 2. The summed E-state index contributed by atoms with van der Waals surface area (Å²) in [6, 6.07) is 0. The van der Waals surface area contributed by atoms with Gasteiger partial charge in [0.15, 0.2) is 5.69 Å². The number of nitrogens with two attached hydrogens (primary N) is 1. The lowest BCUT2D eigenvalue weighted by Crippen LogP contribution is -2.29. The minimum absolute atomic E-state index is 0.138. The number of hydrogen-bond acceptors (Lipinski definition) is 6. The predicted octanol–water partition coefficient (Wildman–Crippen LogP) is 0.575. The van der Waals surface area contributed by atoms with Crippen LogP contribution < -0.4 is 11.1 Å². The van der Waals surface area contributed by atoms with E-state index < -0.39 is 0 Å². The molecule has 0 aliphatic heterocycles. The van der Waals surface area contributed by atoms with Gasteiger partial charge in [-0.3, -0.25) is 4.79 Å². The van der Waals surface area contributed by atoms with Crippen molar-refractivity contribution in [1.29, 1.82) is 0 Å². The van der Waals surface area contributed by atoms with Gasteiger partial charge in [0.1, 0.15) is 5.82 Å². The Hall–Kier alpha value is -1.73. The second kappa shape index (κ2) is 8.44. The van der Waals surface area contributed by atoms with E-state index in [2.05, 4.69) is 15.3 Å². The highest BCUT2D eigenvalue weighted by Gasteiger charge is 2.14. The van der Waals surface area contributed by atoms with Gasteiger partial charge in [-0.1, -0.05) is 13.8 Å². The summed E-state index contributed by atoms with van der Waals surface area (Å²) in [5.41, 5.74) is 6.21. The minimum Gasteiger partial charge on any atom is -0.396 e. The highest BCUT2D eigenvalue weighted by atomic mass is 16.5. The fraction of sp³-hybridized carbons (Fsp3) is 0.615. The smallest absolute Gasteiger partial charge is 0.272 e. The highest BCUT2D eigenvalue weighted by molar-refractivity contribution is 5.96. The first-order valence-corrected chi connectivity index (χ1v) is 6.53. The largest absolute Gasteiger partial charge is 0.396 e. The summed E-state index contributed by atoms with van der Waals surface area (Å²) in [6.07, 6.45) is 1.46. The maximum Gasteiger partial charge on any atom is 0.272 e. The first-order chi connectivity index (χ1) is 9.56.